The van der Waals surface area contributed by atoms with Crippen molar-refractivity contribution in [3.63, 3.8) is 0 Å². The van der Waals surface area contributed by atoms with Gasteiger partial charge in [0.2, 0.25) is 5.75 Å². The van der Waals surface area contributed by atoms with Gasteiger partial charge in [-0.25, -0.2) is 0 Å². The Balaban J connectivity index is 1.45. The van der Waals surface area contributed by atoms with Crippen LogP contribution in [-0.2, 0) is 25.7 Å². The SMILES string of the molecule is COc1cc2c3cc1Oc1c(OC)c(OC)cc4c1[C@H](Cc1cccc(c1)Oc1ccc(cc1)CC2=NCC3)N(C)CC4. The number of ether oxygens (including phenoxy) is 5. The molecule has 0 unspecified atom stereocenters. The van der Waals surface area contributed by atoms with E-state index in [4.69, 9.17) is 28.7 Å². The van der Waals surface area contributed by atoms with Crippen molar-refractivity contribution in [2.75, 3.05) is 41.5 Å². The van der Waals surface area contributed by atoms with Gasteiger partial charge in [-0.1, -0.05) is 24.3 Å². The van der Waals surface area contributed by atoms with Crippen molar-refractivity contribution in [2.45, 2.75) is 31.7 Å². The molecule has 4 aromatic rings. The Kier molecular flexibility index (Phi) is 7.19. The highest BCUT2D eigenvalue weighted by Gasteiger charge is 2.34. The van der Waals surface area contributed by atoms with Crippen molar-refractivity contribution < 1.29 is 23.7 Å². The van der Waals surface area contributed by atoms with Gasteiger partial charge >= 0.3 is 0 Å². The molecule has 7 nitrogen and oxygen atoms in total. The molecule has 6 aliphatic heterocycles. The minimum atomic E-state index is 0.0394. The van der Waals surface area contributed by atoms with Gasteiger partial charge in [0.25, 0.3) is 0 Å². The molecule has 8 bridgehead atoms. The summed E-state index contributed by atoms with van der Waals surface area (Å²) in [6.07, 6.45) is 3.20. The second kappa shape index (κ2) is 11.3. The summed E-state index contributed by atoms with van der Waals surface area (Å²) < 4.78 is 31.0. The van der Waals surface area contributed by atoms with E-state index < -0.39 is 0 Å². The maximum absolute atomic E-state index is 6.91. The fraction of sp³-hybridized carbons (Fsp3) is 0.306. The van der Waals surface area contributed by atoms with Gasteiger partial charge in [-0.05, 0) is 91.0 Å². The van der Waals surface area contributed by atoms with Crippen LogP contribution in [0.1, 0.15) is 39.4 Å². The first-order chi connectivity index (χ1) is 21.0. The first kappa shape index (κ1) is 27.3. The van der Waals surface area contributed by atoms with E-state index in [1.165, 1.54) is 22.3 Å². The molecule has 6 aliphatic rings. The lowest BCUT2D eigenvalue weighted by Crippen LogP contribution is -2.34. The Morgan fingerprint density at radius 2 is 1.63 bits per heavy atom. The van der Waals surface area contributed by atoms with E-state index >= 15 is 0 Å². The van der Waals surface area contributed by atoms with Crippen LogP contribution in [0.4, 0.5) is 0 Å². The van der Waals surface area contributed by atoms with Crippen LogP contribution in [0.5, 0.6) is 40.2 Å². The first-order valence-electron chi connectivity index (χ1n) is 14.8. The minimum absolute atomic E-state index is 0.0394. The molecule has 0 N–H and O–H groups in total. The fourth-order valence-corrected chi connectivity index (χ4v) is 6.57. The molecule has 220 valence electrons. The average Bonchev–Trinajstić information content (AvgIpc) is 3.02. The fourth-order valence-electron chi connectivity index (χ4n) is 6.57. The van der Waals surface area contributed by atoms with Gasteiger partial charge < -0.3 is 23.7 Å². The minimum Gasteiger partial charge on any atom is -0.493 e. The Labute approximate surface area is 252 Å². The molecular formula is C36H36N2O5. The van der Waals surface area contributed by atoms with Crippen molar-refractivity contribution >= 4 is 5.71 Å². The molecule has 0 radical (unpaired) electrons. The van der Waals surface area contributed by atoms with Crippen molar-refractivity contribution in [2.24, 2.45) is 4.99 Å². The molecule has 43 heavy (non-hydrogen) atoms. The lowest BCUT2D eigenvalue weighted by Gasteiger charge is -2.37. The van der Waals surface area contributed by atoms with Crippen LogP contribution in [0.15, 0.2) is 71.7 Å². The summed E-state index contributed by atoms with van der Waals surface area (Å²) in [6, 6.07) is 23.0. The number of hydrogen-bond acceptors (Lipinski definition) is 7. The summed E-state index contributed by atoms with van der Waals surface area (Å²) in [5, 5.41) is 0. The number of rotatable bonds is 3. The average molecular weight is 577 g/mol. The molecule has 0 amide bonds. The van der Waals surface area contributed by atoms with Crippen LogP contribution in [0, 0.1) is 0 Å². The van der Waals surface area contributed by atoms with Crippen molar-refractivity contribution in [3.8, 4) is 40.2 Å². The number of nitrogens with zero attached hydrogens (tertiary/aromatic N) is 2. The van der Waals surface area contributed by atoms with E-state index in [1.807, 2.05) is 18.2 Å². The van der Waals surface area contributed by atoms with Crippen molar-refractivity contribution in [3.05, 3.63) is 100 Å². The molecule has 0 aliphatic carbocycles. The first-order valence-corrected chi connectivity index (χ1v) is 14.8. The third-order valence-electron chi connectivity index (χ3n) is 8.80. The molecule has 7 heteroatoms. The van der Waals surface area contributed by atoms with Crippen LogP contribution >= 0.6 is 0 Å². The zero-order valence-corrected chi connectivity index (χ0v) is 25.1. The molecule has 0 saturated heterocycles. The van der Waals surface area contributed by atoms with Crippen LogP contribution in [-0.4, -0.2) is 52.1 Å². The summed E-state index contributed by atoms with van der Waals surface area (Å²) in [5.74, 6) is 4.83. The molecule has 0 spiro atoms. The van der Waals surface area contributed by atoms with Crippen LogP contribution in [0.2, 0.25) is 0 Å². The second-order valence-electron chi connectivity index (χ2n) is 11.4. The van der Waals surface area contributed by atoms with Crippen LogP contribution in [0.25, 0.3) is 0 Å². The highest BCUT2D eigenvalue weighted by molar-refractivity contribution is 6.04. The normalized spacial score (nSPS) is 17.4. The van der Waals surface area contributed by atoms with E-state index in [9.17, 15) is 0 Å². The number of likely N-dealkylation sites (N-methyl/N-ethyl adjacent to an activating group) is 1. The van der Waals surface area contributed by atoms with Crippen LogP contribution in [0.3, 0.4) is 0 Å². The third kappa shape index (κ3) is 5.08. The molecule has 1 atom stereocenters. The largest absolute Gasteiger partial charge is 0.493 e. The predicted molar refractivity (Wildman–Crippen MR) is 167 cm³/mol. The van der Waals surface area contributed by atoms with Gasteiger partial charge in [-0.15, -0.1) is 0 Å². The van der Waals surface area contributed by atoms with E-state index in [1.54, 1.807) is 21.3 Å². The van der Waals surface area contributed by atoms with Crippen LogP contribution < -0.4 is 23.7 Å². The lowest BCUT2D eigenvalue weighted by atomic mass is 9.87. The smallest absolute Gasteiger partial charge is 0.204 e. The monoisotopic (exact) mass is 576 g/mol. The van der Waals surface area contributed by atoms with Crippen molar-refractivity contribution in [1.82, 2.24) is 4.90 Å². The van der Waals surface area contributed by atoms with E-state index in [0.717, 1.165) is 67.1 Å². The van der Waals surface area contributed by atoms with Gasteiger partial charge in [0, 0.05) is 42.4 Å². The lowest BCUT2D eigenvalue weighted by molar-refractivity contribution is 0.221. The molecule has 0 saturated carbocycles. The number of hydrogen-bond donors (Lipinski definition) is 0. The molecular weight excluding hydrogens is 540 g/mol. The second-order valence-corrected chi connectivity index (χ2v) is 11.4. The molecule has 4 aromatic carbocycles. The summed E-state index contributed by atoms with van der Waals surface area (Å²) in [4.78, 5) is 7.32. The predicted octanol–water partition coefficient (Wildman–Crippen LogP) is 6.97. The third-order valence-corrected chi connectivity index (χ3v) is 8.80. The standard InChI is InChI=1S/C36H36N2O5/c1-38-15-13-25-20-33(40-3)35(41-4)36-34(25)30(38)18-23-6-5-7-27(16-23)42-26-10-8-22(9-11-26)17-29-28-21-31(39-2)32(43-36)19-24(28)12-14-37-29/h5-11,16,19-21,30H,12-15,17-18H2,1-4H3/t30-/m0/s1. The zero-order chi connectivity index (χ0) is 29.5. The number of benzene rings is 4. The van der Waals surface area contributed by atoms with Gasteiger partial charge in [0.05, 0.1) is 21.3 Å². The molecule has 0 fully saturated rings. The highest BCUT2D eigenvalue weighted by Crippen LogP contribution is 2.51. The van der Waals surface area contributed by atoms with Crippen molar-refractivity contribution in [1.29, 1.82) is 0 Å². The van der Waals surface area contributed by atoms with Gasteiger partial charge in [0.15, 0.2) is 23.0 Å². The summed E-state index contributed by atoms with van der Waals surface area (Å²) >= 11 is 0. The quantitative estimate of drug-likeness (QED) is 0.263. The van der Waals surface area contributed by atoms with Gasteiger partial charge in [-0.3, -0.25) is 9.89 Å². The topological polar surface area (TPSA) is 61.8 Å². The summed E-state index contributed by atoms with van der Waals surface area (Å²) in [5.41, 5.74) is 7.98. The Morgan fingerprint density at radius 1 is 0.791 bits per heavy atom. The summed E-state index contributed by atoms with van der Waals surface area (Å²) in [7, 11) is 7.20. The maximum atomic E-state index is 6.91. The zero-order valence-electron chi connectivity index (χ0n) is 25.1. The van der Waals surface area contributed by atoms with E-state index in [0.29, 0.717) is 28.7 Å². The highest BCUT2D eigenvalue weighted by atomic mass is 16.5. The van der Waals surface area contributed by atoms with Gasteiger partial charge in [0.1, 0.15) is 11.5 Å². The Morgan fingerprint density at radius 3 is 2.42 bits per heavy atom. The number of methoxy groups -OCH3 is 3. The number of aliphatic imine (C=N–C) groups is 1. The summed E-state index contributed by atoms with van der Waals surface area (Å²) in [6.45, 7) is 1.65. The molecule has 6 heterocycles. The molecule has 0 aromatic heterocycles. The van der Waals surface area contributed by atoms with E-state index in [-0.39, 0.29) is 6.04 Å². The Hall–Kier alpha value is -4.49. The van der Waals surface area contributed by atoms with E-state index in [2.05, 4.69) is 60.5 Å². The maximum Gasteiger partial charge on any atom is 0.204 e. The Bertz CT molecular complexity index is 1710. The van der Waals surface area contributed by atoms with Gasteiger partial charge in [-0.2, -0.15) is 0 Å². The molecule has 10 rings (SSSR count).